The molecule has 2 N–H and O–H groups in total. The van der Waals surface area contributed by atoms with Crippen LogP contribution >= 0.6 is 0 Å². The average molecular weight is 283 g/mol. The maximum absolute atomic E-state index is 9.24. The molecule has 2 fully saturated rings. The lowest BCUT2D eigenvalue weighted by Gasteiger charge is -2.31. The first kappa shape index (κ1) is 16.3. The van der Waals surface area contributed by atoms with Gasteiger partial charge in [-0.2, -0.15) is 0 Å². The summed E-state index contributed by atoms with van der Waals surface area (Å²) in [6.45, 7) is 6.45. The van der Waals surface area contributed by atoms with E-state index in [0.29, 0.717) is 0 Å². The molecule has 0 aromatic rings. The Morgan fingerprint density at radius 3 is 2.55 bits per heavy atom. The summed E-state index contributed by atoms with van der Waals surface area (Å²) in [7, 11) is 0. The van der Waals surface area contributed by atoms with Gasteiger partial charge in [-0.3, -0.25) is 0 Å². The van der Waals surface area contributed by atoms with E-state index in [1.807, 2.05) is 0 Å². The van der Waals surface area contributed by atoms with Crippen LogP contribution in [0.2, 0.25) is 0 Å². The molecule has 20 heavy (non-hydrogen) atoms. The summed E-state index contributed by atoms with van der Waals surface area (Å²) < 4.78 is 5.55. The number of aliphatic hydroxyl groups excluding tert-OH is 1. The first-order valence-corrected chi connectivity index (χ1v) is 8.67. The fourth-order valence-electron chi connectivity index (χ4n) is 3.99. The molecule has 1 atom stereocenters. The van der Waals surface area contributed by atoms with E-state index in [1.54, 1.807) is 0 Å². The van der Waals surface area contributed by atoms with Crippen molar-refractivity contribution in [2.75, 3.05) is 32.9 Å². The van der Waals surface area contributed by atoms with Crippen molar-refractivity contribution in [3.8, 4) is 0 Å². The number of ether oxygens (including phenoxy) is 1. The Balaban J connectivity index is 1.63. The summed E-state index contributed by atoms with van der Waals surface area (Å²) in [5, 5.41) is 12.9. The highest BCUT2D eigenvalue weighted by molar-refractivity contribution is 4.86. The van der Waals surface area contributed by atoms with Crippen LogP contribution in [0.25, 0.3) is 0 Å². The highest BCUT2D eigenvalue weighted by Crippen LogP contribution is 2.33. The Kier molecular flexibility index (Phi) is 6.79. The van der Waals surface area contributed by atoms with Gasteiger partial charge < -0.3 is 15.2 Å². The molecule has 3 heteroatoms. The lowest BCUT2D eigenvalue weighted by atomic mass is 9.79. The Bertz CT molecular complexity index is 256. The second-order valence-corrected chi connectivity index (χ2v) is 7.08. The van der Waals surface area contributed by atoms with Crippen LogP contribution < -0.4 is 5.32 Å². The van der Waals surface area contributed by atoms with Gasteiger partial charge in [-0.1, -0.05) is 32.6 Å². The quantitative estimate of drug-likeness (QED) is 0.719. The van der Waals surface area contributed by atoms with Gasteiger partial charge in [0.25, 0.3) is 0 Å². The molecule has 1 aliphatic carbocycles. The van der Waals surface area contributed by atoms with Gasteiger partial charge in [-0.05, 0) is 44.1 Å². The molecule has 1 unspecified atom stereocenters. The predicted octanol–water partition coefficient (Wildman–Crippen LogP) is 2.97. The van der Waals surface area contributed by atoms with E-state index in [-0.39, 0.29) is 12.0 Å². The fraction of sp³-hybridized carbons (Fsp3) is 1.00. The monoisotopic (exact) mass is 283 g/mol. The van der Waals surface area contributed by atoms with E-state index in [9.17, 15) is 5.11 Å². The van der Waals surface area contributed by atoms with Gasteiger partial charge in [0.05, 0.1) is 6.61 Å². The Morgan fingerprint density at radius 2 is 1.95 bits per heavy atom. The molecule has 0 spiro atoms. The number of rotatable bonds is 8. The lowest BCUT2D eigenvalue weighted by molar-refractivity contribution is 0.122. The van der Waals surface area contributed by atoms with E-state index < -0.39 is 0 Å². The van der Waals surface area contributed by atoms with Crippen LogP contribution in [0.4, 0.5) is 0 Å². The molecule has 3 nitrogen and oxygen atoms in total. The Hall–Kier alpha value is -0.120. The largest absolute Gasteiger partial charge is 0.396 e. The van der Waals surface area contributed by atoms with Gasteiger partial charge in [0.1, 0.15) is 0 Å². The van der Waals surface area contributed by atoms with Crippen molar-refractivity contribution in [2.45, 2.75) is 58.3 Å². The second kappa shape index (κ2) is 8.35. The van der Waals surface area contributed by atoms with Gasteiger partial charge in [-0.15, -0.1) is 0 Å². The zero-order chi connectivity index (χ0) is 14.3. The number of nitrogens with one attached hydrogen (secondary N) is 1. The highest BCUT2D eigenvalue weighted by atomic mass is 16.5. The first-order valence-electron chi connectivity index (χ1n) is 8.67. The second-order valence-electron chi connectivity index (χ2n) is 7.08. The lowest BCUT2D eigenvalue weighted by Crippen LogP contribution is -2.38. The van der Waals surface area contributed by atoms with E-state index in [2.05, 4.69) is 12.2 Å². The van der Waals surface area contributed by atoms with Gasteiger partial charge in [-0.25, -0.2) is 0 Å². The standard InChI is InChI=1S/C17H33NO2/c1-2-3-15-4-6-16(7-5-15)12-18-13-17(8-10-19)9-11-20-14-17/h15-16,18-19H,2-14H2,1H3. The third-order valence-corrected chi connectivity index (χ3v) is 5.42. The van der Waals surface area contributed by atoms with Gasteiger partial charge in [0, 0.05) is 25.2 Å². The minimum atomic E-state index is 0.203. The zero-order valence-corrected chi connectivity index (χ0v) is 13.2. The smallest absolute Gasteiger partial charge is 0.0536 e. The summed E-state index contributed by atoms with van der Waals surface area (Å²) in [6.07, 6.45) is 10.4. The minimum absolute atomic E-state index is 0.203. The van der Waals surface area contributed by atoms with Crippen molar-refractivity contribution in [3.63, 3.8) is 0 Å². The summed E-state index contributed by atoms with van der Waals surface area (Å²) in [4.78, 5) is 0. The van der Waals surface area contributed by atoms with Crippen LogP contribution in [-0.2, 0) is 4.74 Å². The van der Waals surface area contributed by atoms with E-state index >= 15 is 0 Å². The van der Waals surface area contributed by atoms with Gasteiger partial charge in [0.15, 0.2) is 0 Å². The third kappa shape index (κ3) is 4.71. The molecule has 0 aromatic carbocycles. The minimum Gasteiger partial charge on any atom is -0.396 e. The molecule has 118 valence electrons. The van der Waals surface area contributed by atoms with E-state index in [1.165, 1.54) is 38.5 Å². The van der Waals surface area contributed by atoms with Crippen LogP contribution in [-0.4, -0.2) is 38.0 Å². The van der Waals surface area contributed by atoms with Crippen LogP contribution in [0, 0.1) is 17.3 Å². The summed E-state index contributed by atoms with van der Waals surface area (Å²) >= 11 is 0. The molecule has 0 radical (unpaired) electrons. The van der Waals surface area contributed by atoms with Gasteiger partial charge >= 0.3 is 0 Å². The van der Waals surface area contributed by atoms with E-state index in [0.717, 1.165) is 51.0 Å². The van der Waals surface area contributed by atoms with Crippen LogP contribution in [0.5, 0.6) is 0 Å². The van der Waals surface area contributed by atoms with E-state index in [4.69, 9.17) is 4.74 Å². The molecule has 1 aliphatic heterocycles. The molecule has 2 rings (SSSR count). The average Bonchev–Trinajstić information content (AvgIpc) is 2.90. The SMILES string of the molecule is CCCC1CCC(CNCC2(CCO)CCOC2)CC1. The molecule has 2 aliphatic rings. The van der Waals surface area contributed by atoms with Crippen molar-refractivity contribution in [2.24, 2.45) is 17.3 Å². The molecule has 1 heterocycles. The normalized spacial score (nSPS) is 34.5. The van der Waals surface area contributed by atoms with Crippen molar-refractivity contribution in [1.82, 2.24) is 5.32 Å². The summed E-state index contributed by atoms with van der Waals surface area (Å²) in [6, 6.07) is 0. The van der Waals surface area contributed by atoms with Crippen molar-refractivity contribution in [3.05, 3.63) is 0 Å². The Morgan fingerprint density at radius 1 is 1.20 bits per heavy atom. The maximum Gasteiger partial charge on any atom is 0.0536 e. The molecular weight excluding hydrogens is 250 g/mol. The Labute approximate surface area is 124 Å². The first-order chi connectivity index (χ1) is 9.78. The van der Waals surface area contributed by atoms with Gasteiger partial charge in [0.2, 0.25) is 0 Å². The molecule has 0 amide bonds. The van der Waals surface area contributed by atoms with Crippen molar-refractivity contribution < 1.29 is 9.84 Å². The molecule has 0 aromatic heterocycles. The highest BCUT2D eigenvalue weighted by Gasteiger charge is 2.34. The third-order valence-electron chi connectivity index (χ3n) is 5.42. The number of hydrogen-bond donors (Lipinski definition) is 2. The summed E-state index contributed by atoms with van der Waals surface area (Å²) in [5.41, 5.74) is 0.203. The molecular formula is C17H33NO2. The topological polar surface area (TPSA) is 41.5 Å². The van der Waals surface area contributed by atoms with Crippen LogP contribution in [0.1, 0.15) is 58.3 Å². The molecule has 0 bridgehead atoms. The molecule has 1 saturated carbocycles. The predicted molar refractivity (Wildman–Crippen MR) is 82.8 cm³/mol. The zero-order valence-electron chi connectivity index (χ0n) is 13.2. The molecule has 1 saturated heterocycles. The van der Waals surface area contributed by atoms with Crippen LogP contribution in [0.3, 0.4) is 0 Å². The fourth-order valence-corrected chi connectivity index (χ4v) is 3.99. The summed E-state index contributed by atoms with van der Waals surface area (Å²) in [5.74, 6) is 1.87. The van der Waals surface area contributed by atoms with Crippen LogP contribution in [0.15, 0.2) is 0 Å². The number of hydrogen-bond acceptors (Lipinski definition) is 3. The van der Waals surface area contributed by atoms with Crippen molar-refractivity contribution in [1.29, 1.82) is 0 Å². The number of aliphatic hydroxyl groups is 1. The van der Waals surface area contributed by atoms with Crippen molar-refractivity contribution >= 4 is 0 Å². The maximum atomic E-state index is 9.24.